The largest absolute Gasteiger partial charge is 0.344 e. The van der Waals surface area contributed by atoms with Crippen LogP contribution in [0, 0.1) is 12.8 Å². The quantitative estimate of drug-likeness (QED) is 0.843. The van der Waals surface area contributed by atoms with Crippen molar-refractivity contribution in [2.75, 3.05) is 6.54 Å². The first kappa shape index (κ1) is 13.2. The van der Waals surface area contributed by atoms with Gasteiger partial charge in [0.15, 0.2) is 0 Å². The van der Waals surface area contributed by atoms with Crippen molar-refractivity contribution in [2.45, 2.75) is 33.7 Å². The van der Waals surface area contributed by atoms with Gasteiger partial charge in [0.1, 0.15) is 5.82 Å². The van der Waals surface area contributed by atoms with Crippen LogP contribution in [0.4, 0.5) is 0 Å². The molecule has 5 heteroatoms. The molecule has 18 heavy (non-hydrogen) atoms. The molecule has 0 aliphatic heterocycles. The Hall–Kier alpha value is -1.20. The van der Waals surface area contributed by atoms with Gasteiger partial charge in [0.25, 0.3) is 0 Å². The van der Waals surface area contributed by atoms with E-state index in [2.05, 4.69) is 39.5 Å². The SMILES string of the molecule is Cc1nc(Cc2ncc(CNCC(C)C)[nH]2)cs1. The van der Waals surface area contributed by atoms with Gasteiger partial charge in [-0.3, -0.25) is 0 Å². The Balaban J connectivity index is 1.86. The number of hydrogen-bond acceptors (Lipinski definition) is 4. The third-order valence-electron chi connectivity index (χ3n) is 2.56. The number of aromatic nitrogens is 3. The van der Waals surface area contributed by atoms with E-state index in [-0.39, 0.29) is 0 Å². The molecule has 0 bridgehead atoms. The number of aryl methyl sites for hydroxylation is 1. The number of rotatable bonds is 6. The van der Waals surface area contributed by atoms with Gasteiger partial charge in [0, 0.05) is 30.2 Å². The molecule has 2 rings (SSSR count). The lowest BCUT2D eigenvalue weighted by molar-refractivity contribution is 0.548. The second-order valence-electron chi connectivity index (χ2n) is 4.91. The van der Waals surface area contributed by atoms with Crippen molar-refractivity contribution in [3.05, 3.63) is 33.8 Å². The van der Waals surface area contributed by atoms with Crippen LogP contribution in [0.2, 0.25) is 0 Å². The first-order valence-electron chi connectivity index (χ1n) is 6.28. The summed E-state index contributed by atoms with van der Waals surface area (Å²) in [6.45, 7) is 8.31. The highest BCUT2D eigenvalue weighted by Gasteiger charge is 2.04. The zero-order chi connectivity index (χ0) is 13.0. The van der Waals surface area contributed by atoms with Crippen LogP contribution in [-0.2, 0) is 13.0 Å². The molecule has 0 fully saturated rings. The molecule has 0 unspecified atom stereocenters. The minimum absolute atomic E-state index is 0.672. The maximum atomic E-state index is 4.44. The van der Waals surface area contributed by atoms with Crippen LogP contribution >= 0.6 is 11.3 Å². The highest BCUT2D eigenvalue weighted by molar-refractivity contribution is 7.09. The Labute approximate surface area is 112 Å². The summed E-state index contributed by atoms with van der Waals surface area (Å²) in [5, 5.41) is 6.60. The van der Waals surface area contributed by atoms with Crippen molar-refractivity contribution in [1.29, 1.82) is 0 Å². The predicted octanol–water partition coefficient (Wildman–Crippen LogP) is 2.51. The number of hydrogen-bond donors (Lipinski definition) is 2. The number of imidazole rings is 1. The van der Waals surface area contributed by atoms with E-state index in [0.29, 0.717) is 5.92 Å². The van der Waals surface area contributed by atoms with Crippen LogP contribution in [-0.4, -0.2) is 21.5 Å². The van der Waals surface area contributed by atoms with Gasteiger partial charge in [-0.05, 0) is 19.4 Å². The predicted molar refractivity (Wildman–Crippen MR) is 74.8 cm³/mol. The van der Waals surface area contributed by atoms with Crippen molar-refractivity contribution in [1.82, 2.24) is 20.3 Å². The van der Waals surface area contributed by atoms with Crippen molar-refractivity contribution >= 4 is 11.3 Å². The van der Waals surface area contributed by atoms with Gasteiger partial charge in [0.2, 0.25) is 0 Å². The number of H-pyrrole nitrogens is 1. The van der Waals surface area contributed by atoms with Gasteiger partial charge in [-0.1, -0.05) is 13.8 Å². The lowest BCUT2D eigenvalue weighted by Gasteiger charge is -2.05. The van der Waals surface area contributed by atoms with Crippen molar-refractivity contribution in [2.24, 2.45) is 5.92 Å². The molecule has 0 atom stereocenters. The average molecular weight is 264 g/mol. The maximum Gasteiger partial charge on any atom is 0.112 e. The standard InChI is InChI=1S/C13H20N4S/c1-9(2)5-14-6-12-7-15-13(17-12)4-11-8-18-10(3)16-11/h7-9,14H,4-6H2,1-3H3,(H,15,17). The first-order chi connectivity index (χ1) is 8.63. The van der Waals surface area contributed by atoms with Gasteiger partial charge < -0.3 is 10.3 Å². The van der Waals surface area contributed by atoms with Gasteiger partial charge in [-0.2, -0.15) is 0 Å². The monoisotopic (exact) mass is 264 g/mol. The minimum atomic E-state index is 0.672. The highest BCUT2D eigenvalue weighted by Crippen LogP contribution is 2.11. The Morgan fingerprint density at radius 2 is 2.28 bits per heavy atom. The first-order valence-corrected chi connectivity index (χ1v) is 7.16. The maximum absolute atomic E-state index is 4.44. The van der Waals surface area contributed by atoms with Crippen LogP contribution < -0.4 is 5.32 Å². The third kappa shape index (κ3) is 3.92. The molecular weight excluding hydrogens is 244 g/mol. The summed E-state index contributed by atoms with van der Waals surface area (Å²) in [6.07, 6.45) is 2.69. The fourth-order valence-corrected chi connectivity index (χ4v) is 2.35. The molecule has 0 saturated heterocycles. The molecule has 0 aliphatic carbocycles. The summed E-state index contributed by atoms with van der Waals surface area (Å²) in [5.41, 5.74) is 2.23. The van der Waals surface area contributed by atoms with Crippen LogP contribution in [0.5, 0.6) is 0 Å². The molecule has 2 N–H and O–H groups in total. The van der Waals surface area contributed by atoms with E-state index in [1.165, 1.54) is 0 Å². The molecule has 98 valence electrons. The van der Waals surface area contributed by atoms with E-state index in [0.717, 1.165) is 41.7 Å². The Bertz CT molecular complexity index is 487. The van der Waals surface area contributed by atoms with E-state index < -0.39 is 0 Å². The second kappa shape index (κ2) is 6.11. The smallest absolute Gasteiger partial charge is 0.112 e. The normalized spacial score (nSPS) is 11.3. The number of thiazole rings is 1. The number of aromatic amines is 1. The molecule has 0 aliphatic rings. The fraction of sp³-hybridized carbons (Fsp3) is 0.538. The van der Waals surface area contributed by atoms with E-state index in [1.807, 2.05) is 13.1 Å². The third-order valence-corrected chi connectivity index (χ3v) is 3.39. The lowest BCUT2D eigenvalue weighted by Crippen LogP contribution is -2.19. The van der Waals surface area contributed by atoms with Crippen LogP contribution in [0.3, 0.4) is 0 Å². The Morgan fingerprint density at radius 3 is 2.94 bits per heavy atom. The molecule has 2 aromatic heterocycles. The van der Waals surface area contributed by atoms with E-state index in [9.17, 15) is 0 Å². The van der Waals surface area contributed by atoms with Gasteiger partial charge >= 0.3 is 0 Å². The molecule has 4 nitrogen and oxygen atoms in total. The lowest BCUT2D eigenvalue weighted by atomic mass is 10.2. The average Bonchev–Trinajstić information content (AvgIpc) is 2.89. The van der Waals surface area contributed by atoms with Crippen molar-refractivity contribution in [3.63, 3.8) is 0 Å². The molecule has 0 amide bonds. The van der Waals surface area contributed by atoms with E-state index in [1.54, 1.807) is 11.3 Å². The fourth-order valence-electron chi connectivity index (χ4n) is 1.74. The molecule has 0 saturated carbocycles. The van der Waals surface area contributed by atoms with Crippen molar-refractivity contribution < 1.29 is 0 Å². The zero-order valence-electron chi connectivity index (χ0n) is 11.2. The minimum Gasteiger partial charge on any atom is -0.344 e. The molecule has 2 heterocycles. The summed E-state index contributed by atoms with van der Waals surface area (Å²) in [5.74, 6) is 1.66. The van der Waals surface area contributed by atoms with Crippen molar-refractivity contribution in [3.8, 4) is 0 Å². The van der Waals surface area contributed by atoms with Crippen LogP contribution in [0.1, 0.15) is 36.1 Å². The topological polar surface area (TPSA) is 53.6 Å². The highest BCUT2D eigenvalue weighted by atomic mass is 32.1. The number of nitrogens with zero attached hydrogens (tertiary/aromatic N) is 2. The van der Waals surface area contributed by atoms with Gasteiger partial charge in [-0.25, -0.2) is 9.97 Å². The van der Waals surface area contributed by atoms with Crippen LogP contribution in [0.15, 0.2) is 11.6 Å². The molecule has 0 aromatic carbocycles. The molecular formula is C13H20N4S. The summed E-state index contributed by atoms with van der Waals surface area (Å²) in [4.78, 5) is 12.2. The molecule has 0 radical (unpaired) electrons. The van der Waals surface area contributed by atoms with Gasteiger partial charge in [0.05, 0.1) is 10.7 Å². The summed E-state index contributed by atoms with van der Waals surface area (Å²) < 4.78 is 0. The second-order valence-corrected chi connectivity index (χ2v) is 5.98. The van der Waals surface area contributed by atoms with E-state index >= 15 is 0 Å². The Morgan fingerprint density at radius 1 is 1.44 bits per heavy atom. The summed E-state index contributed by atoms with van der Waals surface area (Å²) in [7, 11) is 0. The van der Waals surface area contributed by atoms with E-state index in [4.69, 9.17) is 0 Å². The Kier molecular flexibility index (Phi) is 4.49. The van der Waals surface area contributed by atoms with Crippen LogP contribution in [0.25, 0.3) is 0 Å². The zero-order valence-corrected chi connectivity index (χ0v) is 12.0. The summed E-state index contributed by atoms with van der Waals surface area (Å²) >= 11 is 1.68. The molecule has 2 aromatic rings. The molecule has 0 spiro atoms. The van der Waals surface area contributed by atoms with Gasteiger partial charge in [-0.15, -0.1) is 11.3 Å². The summed E-state index contributed by atoms with van der Waals surface area (Å²) in [6, 6.07) is 0. The number of nitrogens with one attached hydrogen (secondary N) is 2.